The van der Waals surface area contributed by atoms with Gasteiger partial charge in [-0.1, -0.05) is 41.7 Å². The molecular weight excluding hydrogens is 506 g/mol. The Labute approximate surface area is 215 Å². The molecule has 10 heteroatoms. The highest BCUT2D eigenvalue weighted by atomic mass is 35.5. The number of carbonyl (C=O) groups excluding carboxylic acids is 1. The Kier molecular flexibility index (Phi) is 8.50. The number of thiazole rings is 1. The number of benzene rings is 3. The van der Waals surface area contributed by atoms with Crippen molar-refractivity contribution >= 4 is 54.8 Å². The minimum Gasteiger partial charge on any atom is -0.457 e. The first-order chi connectivity index (χ1) is 16.2. The van der Waals surface area contributed by atoms with Gasteiger partial charge >= 0.3 is 0 Å². The predicted molar refractivity (Wildman–Crippen MR) is 143 cm³/mol. The van der Waals surface area contributed by atoms with E-state index in [0.29, 0.717) is 45.5 Å². The van der Waals surface area contributed by atoms with Crippen molar-refractivity contribution in [2.45, 2.75) is 4.90 Å². The number of halogens is 1. The zero-order chi connectivity index (χ0) is 24.3. The predicted octanol–water partition coefficient (Wildman–Crippen LogP) is 5.12. The van der Waals surface area contributed by atoms with Gasteiger partial charge in [-0.15, -0.1) is 12.4 Å². The molecule has 0 fully saturated rings. The Bertz CT molecular complexity index is 1420. The first-order valence-corrected chi connectivity index (χ1v) is 13.3. The Balaban J connectivity index is 0.00000342. The van der Waals surface area contributed by atoms with E-state index in [1.807, 2.05) is 55.4 Å². The highest BCUT2D eigenvalue weighted by molar-refractivity contribution is 7.91. The lowest BCUT2D eigenvalue weighted by Gasteiger charge is -2.22. The number of ether oxygens (including phenoxy) is 1. The second-order valence-electron chi connectivity index (χ2n) is 8.07. The number of hydrogen-bond acceptors (Lipinski definition) is 7. The Hall–Kier alpha value is -2.98. The lowest BCUT2D eigenvalue weighted by molar-refractivity contribution is 0.0985. The van der Waals surface area contributed by atoms with E-state index in [-0.39, 0.29) is 23.2 Å². The van der Waals surface area contributed by atoms with Gasteiger partial charge in [0.1, 0.15) is 17.0 Å². The highest BCUT2D eigenvalue weighted by Gasteiger charge is 2.24. The van der Waals surface area contributed by atoms with Crippen LogP contribution in [0.25, 0.3) is 10.2 Å². The Morgan fingerprint density at radius 2 is 1.63 bits per heavy atom. The van der Waals surface area contributed by atoms with Crippen molar-refractivity contribution < 1.29 is 17.9 Å². The Morgan fingerprint density at radius 3 is 2.31 bits per heavy atom. The van der Waals surface area contributed by atoms with Crippen LogP contribution in [0.4, 0.5) is 5.13 Å². The number of sulfone groups is 1. The average Bonchev–Trinajstić information content (AvgIpc) is 3.23. The minimum atomic E-state index is -3.46. The number of para-hydroxylation sites is 2. The van der Waals surface area contributed by atoms with Crippen LogP contribution in [0.1, 0.15) is 10.4 Å². The lowest BCUT2D eigenvalue weighted by atomic mass is 10.2. The summed E-state index contributed by atoms with van der Waals surface area (Å²) < 4.78 is 31.1. The summed E-state index contributed by atoms with van der Waals surface area (Å²) in [4.78, 5) is 21.9. The van der Waals surface area contributed by atoms with Gasteiger partial charge in [-0.25, -0.2) is 13.4 Å². The van der Waals surface area contributed by atoms with Crippen molar-refractivity contribution in [3.05, 3.63) is 78.4 Å². The number of anilines is 1. The van der Waals surface area contributed by atoms with Crippen LogP contribution in [-0.4, -0.2) is 57.6 Å². The van der Waals surface area contributed by atoms with Crippen LogP contribution in [0.5, 0.6) is 11.5 Å². The summed E-state index contributed by atoms with van der Waals surface area (Å²) in [6, 6.07) is 21.4. The van der Waals surface area contributed by atoms with Gasteiger partial charge in [0, 0.05) is 24.9 Å². The van der Waals surface area contributed by atoms with Crippen LogP contribution in [0.2, 0.25) is 0 Å². The van der Waals surface area contributed by atoms with Gasteiger partial charge in [0.2, 0.25) is 0 Å². The van der Waals surface area contributed by atoms with Gasteiger partial charge in [0.15, 0.2) is 15.0 Å². The fraction of sp³-hybridized carbons (Fsp3) is 0.200. The van der Waals surface area contributed by atoms with Gasteiger partial charge in [-0.2, -0.15) is 0 Å². The fourth-order valence-electron chi connectivity index (χ4n) is 3.38. The fourth-order valence-corrected chi connectivity index (χ4v) is 5.30. The molecule has 1 amide bonds. The van der Waals surface area contributed by atoms with Crippen LogP contribution in [0, 0.1) is 0 Å². The van der Waals surface area contributed by atoms with E-state index in [1.165, 1.54) is 17.4 Å². The van der Waals surface area contributed by atoms with Crippen LogP contribution in [0.3, 0.4) is 0 Å². The zero-order valence-electron chi connectivity index (χ0n) is 19.5. The number of rotatable bonds is 8. The van der Waals surface area contributed by atoms with Gasteiger partial charge in [0.05, 0.1) is 9.60 Å². The molecule has 0 N–H and O–H groups in total. The van der Waals surface area contributed by atoms with Crippen LogP contribution >= 0.6 is 23.7 Å². The van der Waals surface area contributed by atoms with Crippen molar-refractivity contribution in [3.8, 4) is 11.5 Å². The molecule has 0 radical (unpaired) electrons. The molecule has 7 nitrogen and oxygen atoms in total. The van der Waals surface area contributed by atoms with E-state index in [4.69, 9.17) is 4.74 Å². The maximum atomic E-state index is 13.6. The summed E-state index contributed by atoms with van der Waals surface area (Å²) in [5.41, 5.74) is 0.837. The summed E-state index contributed by atoms with van der Waals surface area (Å²) in [6.45, 7) is 1.00. The van der Waals surface area contributed by atoms with Crippen LogP contribution in [0.15, 0.2) is 77.7 Å². The Morgan fingerprint density at radius 1 is 0.943 bits per heavy atom. The zero-order valence-corrected chi connectivity index (χ0v) is 22.0. The maximum Gasteiger partial charge on any atom is 0.260 e. The molecule has 0 bridgehead atoms. The van der Waals surface area contributed by atoms with E-state index < -0.39 is 9.84 Å². The van der Waals surface area contributed by atoms with Gasteiger partial charge in [0.25, 0.3) is 5.91 Å². The number of carbonyl (C=O) groups is 1. The molecule has 0 atom stereocenters. The van der Waals surface area contributed by atoms with Crippen molar-refractivity contribution in [2.24, 2.45) is 0 Å². The summed E-state index contributed by atoms with van der Waals surface area (Å²) in [7, 11) is 0.396. The number of aromatic nitrogens is 1. The largest absolute Gasteiger partial charge is 0.457 e. The molecule has 0 saturated heterocycles. The topological polar surface area (TPSA) is 79.8 Å². The van der Waals surface area contributed by atoms with Crippen molar-refractivity contribution in [2.75, 3.05) is 38.3 Å². The van der Waals surface area contributed by atoms with Crippen molar-refractivity contribution in [1.29, 1.82) is 0 Å². The first-order valence-electron chi connectivity index (χ1n) is 10.6. The summed E-state index contributed by atoms with van der Waals surface area (Å²) in [6.07, 6.45) is 1.16. The highest BCUT2D eigenvalue weighted by Crippen LogP contribution is 2.33. The maximum absolute atomic E-state index is 13.6. The molecule has 0 aliphatic carbocycles. The van der Waals surface area contributed by atoms with Crippen LogP contribution < -0.4 is 9.64 Å². The first kappa shape index (κ1) is 26.6. The number of hydrogen-bond donors (Lipinski definition) is 0. The third-order valence-electron chi connectivity index (χ3n) is 5.08. The molecule has 0 aliphatic heterocycles. The summed E-state index contributed by atoms with van der Waals surface area (Å²) >= 11 is 1.30. The molecule has 0 aliphatic rings. The van der Waals surface area contributed by atoms with Gasteiger partial charge in [-0.05, 0) is 56.6 Å². The van der Waals surface area contributed by atoms with E-state index in [9.17, 15) is 13.2 Å². The molecule has 184 valence electrons. The molecule has 4 rings (SSSR count). The second-order valence-corrected chi connectivity index (χ2v) is 11.1. The number of likely N-dealkylation sites (N-methyl/N-ethyl adjacent to an activating group) is 1. The number of nitrogens with zero attached hydrogens (tertiary/aromatic N) is 3. The van der Waals surface area contributed by atoms with Crippen molar-refractivity contribution in [3.63, 3.8) is 0 Å². The van der Waals surface area contributed by atoms with Gasteiger partial charge < -0.3 is 9.64 Å². The summed E-state index contributed by atoms with van der Waals surface area (Å²) in [5.74, 6) is 0.990. The summed E-state index contributed by atoms with van der Waals surface area (Å²) in [5, 5.41) is 0.451. The molecular formula is C25H26ClN3O4S2. The third-order valence-corrected chi connectivity index (χ3v) is 7.25. The van der Waals surface area contributed by atoms with E-state index in [2.05, 4.69) is 4.98 Å². The number of amides is 1. The van der Waals surface area contributed by atoms with Gasteiger partial charge in [-0.3, -0.25) is 9.69 Å². The molecule has 0 saturated carbocycles. The molecule has 0 spiro atoms. The normalized spacial score (nSPS) is 11.3. The van der Waals surface area contributed by atoms with E-state index in [0.717, 1.165) is 6.26 Å². The SMILES string of the molecule is CN(C)CCN(C(=O)c1cccc(Oc2ccccc2)c1)c1nc2c(S(C)(=O)=O)cccc2s1.Cl. The minimum absolute atomic E-state index is 0. The number of fused-ring (bicyclic) bond motifs is 1. The van der Waals surface area contributed by atoms with E-state index >= 15 is 0 Å². The molecule has 1 aromatic heterocycles. The molecule has 4 aromatic rings. The van der Waals surface area contributed by atoms with E-state index in [1.54, 1.807) is 35.2 Å². The van der Waals surface area contributed by atoms with Crippen LogP contribution in [-0.2, 0) is 9.84 Å². The average molecular weight is 532 g/mol. The lowest BCUT2D eigenvalue weighted by Crippen LogP contribution is -2.36. The third kappa shape index (κ3) is 6.37. The molecule has 35 heavy (non-hydrogen) atoms. The molecule has 3 aromatic carbocycles. The standard InChI is InChI=1S/C25H25N3O4S2.ClH/c1-27(2)15-16-28(25-26-23-21(33-25)13-8-14-22(23)34(3,30)31)24(29)18-9-7-12-20(17-18)32-19-10-5-4-6-11-19;/h4-14,17H,15-16H2,1-3H3;1H. The molecule has 1 heterocycles. The van der Waals surface area contributed by atoms with Crippen molar-refractivity contribution in [1.82, 2.24) is 9.88 Å². The quantitative estimate of drug-likeness (QED) is 0.314. The second kappa shape index (κ2) is 11.2. The monoisotopic (exact) mass is 531 g/mol. The smallest absolute Gasteiger partial charge is 0.260 e. The molecule has 0 unspecified atom stereocenters.